The fourth-order valence-electron chi connectivity index (χ4n) is 2.42. The second kappa shape index (κ2) is 8.53. The number of benzene rings is 2. The molecule has 0 atom stereocenters. The second-order valence-electron chi connectivity index (χ2n) is 5.77. The first kappa shape index (κ1) is 20.0. The summed E-state index contributed by atoms with van der Waals surface area (Å²) < 4.78 is 20.3. The zero-order chi connectivity index (χ0) is 20.3. The van der Waals surface area contributed by atoms with Crippen LogP contribution in [0.4, 0.5) is 10.1 Å². The number of esters is 1. The summed E-state index contributed by atoms with van der Waals surface area (Å²) in [5, 5.41) is 6.82. The number of nitrogens with zero attached hydrogens (tertiary/aromatic N) is 2. The van der Waals surface area contributed by atoms with Crippen LogP contribution in [0.2, 0.25) is 5.15 Å². The van der Waals surface area contributed by atoms with Gasteiger partial charge in [-0.3, -0.25) is 4.79 Å². The lowest BCUT2D eigenvalue weighted by atomic mass is 10.2. The van der Waals surface area contributed by atoms with Crippen LogP contribution in [0, 0.1) is 12.7 Å². The molecule has 0 saturated heterocycles. The van der Waals surface area contributed by atoms with E-state index < -0.39 is 24.3 Å². The highest BCUT2D eigenvalue weighted by Gasteiger charge is 2.23. The maximum Gasteiger partial charge on any atom is 0.343 e. The summed E-state index contributed by atoms with van der Waals surface area (Å²) in [6, 6.07) is 12.4. The third-order valence-electron chi connectivity index (χ3n) is 3.74. The maximum atomic E-state index is 13.1. The van der Waals surface area contributed by atoms with E-state index in [4.69, 9.17) is 16.3 Å². The van der Waals surface area contributed by atoms with Crippen LogP contribution >= 0.6 is 27.5 Å². The number of ether oxygens (including phenoxy) is 1. The monoisotopic (exact) mass is 465 g/mol. The molecule has 9 heteroatoms. The zero-order valence-corrected chi connectivity index (χ0v) is 16.9. The Kier molecular flexibility index (Phi) is 6.11. The number of carbonyl (C=O) groups excluding carboxylic acids is 2. The van der Waals surface area contributed by atoms with Gasteiger partial charge in [0.25, 0.3) is 5.91 Å². The number of halogens is 3. The highest BCUT2D eigenvalue weighted by atomic mass is 79.9. The smallest absolute Gasteiger partial charge is 0.343 e. The Morgan fingerprint density at radius 3 is 2.46 bits per heavy atom. The summed E-state index contributed by atoms with van der Waals surface area (Å²) in [6.07, 6.45) is 0. The van der Waals surface area contributed by atoms with Gasteiger partial charge >= 0.3 is 5.97 Å². The van der Waals surface area contributed by atoms with Crippen molar-refractivity contribution in [2.24, 2.45) is 0 Å². The summed E-state index contributed by atoms with van der Waals surface area (Å²) in [5.41, 5.74) is 1.43. The van der Waals surface area contributed by atoms with Crippen LogP contribution in [-0.4, -0.2) is 28.3 Å². The molecule has 1 aromatic heterocycles. The fourth-order valence-corrected chi connectivity index (χ4v) is 3.03. The van der Waals surface area contributed by atoms with E-state index in [1.54, 1.807) is 31.2 Å². The van der Waals surface area contributed by atoms with Crippen molar-refractivity contribution in [2.75, 3.05) is 11.9 Å². The number of amides is 1. The Morgan fingerprint density at radius 1 is 1.18 bits per heavy atom. The average Bonchev–Trinajstić information content (AvgIpc) is 2.96. The van der Waals surface area contributed by atoms with Crippen LogP contribution in [0.3, 0.4) is 0 Å². The topological polar surface area (TPSA) is 73.2 Å². The zero-order valence-electron chi connectivity index (χ0n) is 14.6. The Labute approximate surface area is 173 Å². The van der Waals surface area contributed by atoms with Crippen LogP contribution < -0.4 is 5.32 Å². The summed E-state index contributed by atoms with van der Waals surface area (Å²) >= 11 is 9.56. The quantitative estimate of drug-likeness (QED) is 0.561. The predicted octanol–water partition coefficient (Wildman–Crippen LogP) is 4.53. The summed E-state index contributed by atoms with van der Waals surface area (Å²) in [5.74, 6) is -1.67. The number of hydrogen-bond acceptors (Lipinski definition) is 4. The fraction of sp³-hybridized carbons (Fsp3) is 0.105. The molecule has 6 nitrogen and oxygen atoms in total. The molecule has 1 N–H and O–H groups in total. The molecule has 3 rings (SSSR count). The predicted molar refractivity (Wildman–Crippen MR) is 106 cm³/mol. The normalized spacial score (nSPS) is 10.6. The van der Waals surface area contributed by atoms with E-state index in [0.717, 1.165) is 4.47 Å². The summed E-state index contributed by atoms with van der Waals surface area (Å²) in [7, 11) is 0. The average molecular weight is 467 g/mol. The number of carbonyl (C=O) groups is 2. The number of anilines is 1. The maximum absolute atomic E-state index is 13.1. The molecule has 0 aliphatic heterocycles. The first-order valence-corrected chi connectivity index (χ1v) is 9.26. The van der Waals surface area contributed by atoms with Crippen molar-refractivity contribution in [3.05, 3.63) is 75.2 Å². The van der Waals surface area contributed by atoms with Gasteiger partial charge in [0.15, 0.2) is 6.61 Å². The van der Waals surface area contributed by atoms with Crippen molar-refractivity contribution in [3.63, 3.8) is 0 Å². The molecule has 0 unspecified atom stereocenters. The minimum Gasteiger partial charge on any atom is -0.452 e. The van der Waals surface area contributed by atoms with Crippen molar-refractivity contribution in [3.8, 4) is 5.69 Å². The Morgan fingerprint density at radius 2 is 1.82 bits per heavy atom. The molecule has 0 aliphatic carbocycles. The van der Waals surface area contributed by atoms with E-state index in [1.807, 2.05) is 0 Å². The van der Waals surface area contributed by atoms with Crippen LogP contribution in [0.1, 0.15) is 16.1 Å². The van der Waals surface area contributed by atoms with Crippen LogP contribution in [-0.2, 0) is 9.53 Å². The lowest BCUT2D eigenvalue weighted by molar-refractivity contribution is -0.119. The number of nitrogens with one attached hydrogen (secondary N) is 1. The molecule has 0 bridgehead atoms. The van der Waals surface area contributed by atoms with Crippen molar-refractivity contribution in [1.82, 2.24) is 9.78 Å². The molecular formula is C19H14BrClFN3O3. The molecule has 0 spiro atoms. The minimum absolute atomic E-state index is 0.0161. The van der Waals surface area contributed by atoms with Gasteiger partial charge in [0.2, 0.25) is 0 Å². The minimum atomic E-state index is -0.776. The van der Waals surface area contributed by atoms with Crippen LogP contribution in [0.15, 0.2) is 53.0 Å². The van der Waals surface area contributed by atoms with Gasteiger partial charge < -0.3 is 10.1 Å². The van der Waals surface area contributed by atoms with E-state index in [1.165, 1.54) is 28.9 Å². The van der Waals surface area contributed by atoms with Crippen molar-refractivity contribution < 1.29 is 18.7 Å². The van der Waals surface area contributed by atoms with Crippen LogP contribution in [0.5, 0.6) is 0 Å². The molecule has 0 saturated carbocycles. The molecule has 0 radical (unpaired) electrons. The standard InChI is InChI=1S/C19H14BrClFN3O3/c1-11-17(18(21)25(24-11)15-8-4-13(22)5-9-15)19(27)28-10-16(26)23-14-6-2-12(20)3-7-14/h2-9H,10H2,1H3,(H,23,26). The highest BCUT2D eigenvalue weighted by Crippen LogP contribution is 2.24. The molecule has 0 aliphatic rings. The molecular weight excluding hydrogens is 453 g/mol. The van der Waals surface area contributed by atoms with Gasteiger partial charge in [0.1, 0.15) is 16.5 Å². The van der Waals surface area contributed by atoms with Gasteiger partial charge in [-0.15, -0.1) is 0 Å². The SMILES string of the molecule is Cc1nn(-c2ccc(F)cc2)c(Cl)c1C(=O)OCC(=O)Nc1ccc(Br)cc1. The van der Waals surface area contributed by atoms with Gasteiger partial charge in [-0.25, -0.2) is 13.9 Å². The molecule has 1 heterocycles. The van der Waals surface area contributed by atoms with Crippen LogP contribution in [0.25, 0.3) is 5.69 Å². The molecule has 2 aromatic carbocycles. The first-order valence-electron chi connectivity index (χ1n) is 8.09. The van der Waals surface area contributed by atoms with E-state index in [2.05, 4.69) is 26.3 Å². The molecule has 0 fully saturated rings. The van der Waals surface area contributed by atoms with E-state index in [-0.39, 0.29) is 10.7 Å². The van der Waals surface area contributed by atoms with Crippen molar-refractivity contribution in [1.29, 1.82) is 0 Å². The van der Waals surface area contributed by atoms with Crippen molar-refractivity contribution in [2.45, 2.75) is 6.92 Å². The Bertz CT molecular complexity index is 1020. The number of hydrogen-bond donors (Lipinski definition) is 1. The largest absolute Gasteiger partial charge is 0.452 e. The Hall–Kier alpha value is -2.71. The number of aromatic nitrogens is 2. The van der Waals surface area contributed by atoms with E-state index in [0.29, 0.717) is 17.1 Å². The van der Waals surface area contributed by atoms with E-state index in [9.17, 15) is 14.0 Å². The third-order valence-corrected chi connectivity index (χ3v) is 4.62. The van der Waals surface area contributed by atoms with E-state index >= 15 is 0 Å². The number of rotatable bonds is 5. The summed E-state index contributed by atoms with van der Waals surface area (Å²) in [6.45, 7) is 1.11. The lowest BCUT2D eigenvalue weighted by Gasteiger charge is -2.07. The highest BCUT2D eigenvalue weighted by molar-refractivity contribution is 9.10. The van der Waals surface area contributed by atoms with Gasteiger partial charge in [-0.2, -0.15) is 5.10 Å². The second-order valence-corrected chi connectivity index (χ2v) is 7.04. The first-order chi connectivity index (χ1) is 13.3. The van der Waals surface area contributed by atoms with Gasteiger partial charge in [0, 0.05) is 10.2 Å². The molecule has 28 heavy (non-hydrogen) atoms. The molecule has 3 aromatic rings. The van der Waals surface area contributed by atoms with Crippen molar-refractivity contribution >= 4 is 45.1 Å². The van der Waals surface area contributed by atoms with Gasteiger partial charge in [0.05, 0.1) is 11.4 Å². The summed E-state index contributed by atoms with van der Waals surface area (Å²) in [4.78, 5) is 24.4. The lowest BCUT2D eigenvalue weighted by Crippen LogP contribution is -2.21. The third kappa shape index (κ3) is 4.58. The van der Waals surface area contributed by atoms with Gasteiger partial charge in [-0.1, -0.05) is 27.5 Å². The number of aryl methyl sites for hydroxylation is 1. The molecule has 144 valence electrons. The van der Waals surface area contributed by atoms with Gasteiger partial charge in [-0.05, 0) is 55.5 Å². The molecule has 1 amide bonds. The Balaban J connectivity index is 1.68.